The second-order valence-electron chi connectivity index (χ2n) is 6.80. The number of carbonyl (C=O) groups excluding carboxylic acids is 1. The highest BCUT2D eigenvalue weighted by Gasteiger charge is 2.27. The summed E-state index contributed by atoms with van der Waals surface area (Å²) < 4.78 is 6.76. The van der Waals surface area contributed by atoms with Crippen LogP contribution in [0.2, 0.25) is 10.0 Å². The number of hydrogen-bond donors (Lipinski definition) is 1. The lowest BCUT2D eigenvalue weighted by molar-refractivity contribution is 0.0938. The van der Waals surface area contributed by atoms with Crippen molar-refractivity contribution in [1.82, 2.24) is 10.2 Å². The Hall–Kier alpha value is -1.53. The van der Waals surface area contributed by atoms with Crippen molar-refractivity contribution in [3.63, 3.8) is 0 Å². The molecule has 0 saturated carbocycles. The first-order chi connectivity index (χ1) is 13.0. The van der Waals surface area contributed by atoms with Gasteiger partial charge in [-0.15, -0.1) is 11.3 Å². The minimum absolute atomic E-state index is 0.0350. The molecule has 4 nitrogen and oxygen atoms in total. The van der Waals surface area contributed by atoms with Crippen LogP contribution in [0.15, 0.2) is 34.7 Å². The summed E-state index contributed by atoms with van der Waals surface area (Å²) in [5.74, 6) is 1.61. The molecule has 3 aromatic rings. The van der Waals surface area contributed by atoms with Crippen LogP contribution in [-0.2, 0) is 0 Å². The van der Waals surface area contributed by atoms with E-state index in [1.807, 2.05) is 31.2 Å². The highest BCUT2D eigenvalue weighted by Crippen LogP contribution is 2.36. The Morgan fingerprint density at radius 3 is 2.74 bits per heavy atom. The second kappa shape index (κ2) is 7.84. The Labute approximate surface area is 172 Å². The number of likely N-dealkylation sites (tertiary alicyclic amines) is 1. The van der Waals surface area contributed by atoms with Crippen LogP contribution in [0.3, 0.4) is 0 Å². The monoisotopic (exact) mass is 422 g/mol. The van der Waals surface area contributed by atoms with Crippen molar-refractivity contribution in [3.05, 3.63) is 56.8 Å². The number of nitrogens with one attached hydrogen (secondary N) is 1. The Morgan fingerprint density at radius 2 is 2.04 bits per heavy atom. The molecule has 4 rings (SSSR count). The largest absolute Gasteiger partial charge is 0.465 e. The minimum atomic E-state index is -0.162. The predicted molar refractivity (Wildman–Crippen MR) is 111 cm³/mol. The number of fused-ring (bicyclic) bond motifs is 1. The Kier molecular flexibility index (Phi) is 5.46. The fourth-order valence-corrected chi connectivity index (χ4v) is 5.26. The van der Waals surface area contributed by atoms with Crippen molar-refractivity contribution in [2.45, 2.75) is 25.8 Å². The molecule has 0 radical (unpaired) electrons. The van der Waals surface area contributed by atoms with E-state index in [2.05, 4.69) is 10.2 Å². The molecule has 0 bridgehead atoms. The van der Waals surface area contributed by atoms with Crippen LogP contribution in [0.5, 0.6) is 0 Å². The molecular weight excluding hydrogens is 403 g/mol. The van der Waals surface area contributed by atoms with E-state index in [9.17, 15) is 4.79 Å². The maximum atomic E-state index is 12.8. The number of benzene rings is 1. The zero-order valence-electron chi connectivity index (χ0n) is 14.9. The fraction of sp³-hybridized carbons (Fsp3) is 0.350. The van der Waals surface area contributed by atoms with E-state index in [1.54, 1.807) is 6.07 Å². The van der Waals surface area contributed by atoms with Gasteiger partial charge < -0.3 is 9.73 Å². The number of furan rings is 1. The molecule has 27 heavy (non-hydrogen) atoms. The summed E-state index contributed by atoms with van der Waals surface area (Å²) in [6.45, 7) is 4.45. The van der Waals surface area contributed by atoms with Crippen LogP contribution < -0.4 is 5.32 Å². The van der Waals surface area contributed by atoms with Gasteiger partial charge in [-0.1, -0.05) is 29.3 Å². The normalized spacial score (nSPS) is 16.1. The number of aryl methyl sites for hydroxylation is 1. The number of rotatable bonds is 5. The van der Waals surface area contributed by atoms with E-state index >= 15 is 0 Å². The van der Waals surface area contributed by atoms with Gasteiger partial charge in [-0.2, -0.15) is 0 Å². The van der Waals surface area contributed by atoms with Crippen LogP contribution in [0.4, 0.5) is 0 Å². The third-order valence-electron chi connectivity index (χ3n) is 4.92. The Bertz CT molecular complexity index is 976. The highest BCUT2D eigenvalue weighted by atomic mass is 35.5. The number of carbonyl (C=O) groups is 1. The van der Waals surface area contributed by atoms with E-state index in [0.717, 1.165) is 34.7 Å². The fourth-order valence-electron chi connectivity index (χ4n) is 3.55. The molecule has 1 atom stereocenters. The zero-order chi connectivity index (χ0) is 19.0. The van der Waals surface area contributed by atoms with Gasteiger partial charge in [0.15, 0.2) is 0 Å². The third-order valence-corrected chi connectivity index (χ3v) is 6.82. The molecule has 7 heteroatoms. The van der Waals surface area contributed by atoms with Crippen molar-refractivity contribution in [2.24, 2.45) is 0 Å². The number of thiophene rings is 1. The van der Waals surface area contributed by atoms with Gasteiger partial charge in [-0.25, -0.2) is 0 Å². The number of halogens is 2. The van der Waals surface area contributed by atoms with Gasteiger partial charge in [0, 0.05) is 21.7 Å². The molecule has 1 aliphatic rings. The standard InChI is InChI=1S/C20H20Cl2N2O2S/c1-12-4-7-16(26-12)15(24-8-2-3-9-24)11-23-20(25)19-18(22)14-6-5-13(21)10-17(14)27-19/h4-7,10,15H,2-3,8-9,11H2,1H3,(H,23,25)/t15-/m0/s1. The molecule has 1 amide bonds. The Morgan fingerprint density at radius 1 is 1.26 bits per heavy atom. The topological polar surface area (TPSA) is 45.5 Å². The maximum absolute atomic E-state index is 12.8. The SMILES string of the molecule is Cc1ccc([C@H](CNC(=O)c2sc3cc(Cl)ccc3c2Cl)N2CCCC2)o1. The lowest BCUT2D eigenvalue weighted by Gasteiger charge is -2.26. The smallest absolute Gasteiger partial charge is 0.263 e. The van der Waals surface area contributed by atoms with E-state index in [0.29, 0.717) is 21.5 Å². The van der Waals surface area contributed by atoms with Gasteiger partial charge in [-0.3, -0.25) is 9.69 Å². The average molecular weight is 423 g/mol. The first-order valence-corrected chi connectivity index (χ1v) is 10.6. The number of amides is 1. The lowest BCUT2D eigenvalue weighted by atomic mass is 10.2. The van der Waals surface area contributed by atoms with E-state index in [4.69, 9.17) is 27.6 Å². The molecule has 142 valence electrons. The Balaban J connectivity index is 1.53. The van der Waals surface area contributed by atoms with Gasteiger partial charge in [-0.05, 0) is 57.1 Å². The summed E-state index contributed by atoms with van der Waals surface area (Å²) in [4.78, 5) is 15.7. The molecule has 0 unspecified atom stereocenters. The molecule has 0 spiro atoms. The second-order valence-corrected chi connectivity index (χ2v) is 8.67. The van der Waals surface area contributed by atoms with Gasteiger partial charge in [0.05, 0.1) is 11.1 Å². The van der Waals surface area contributed by atoms with Crippen LogP contribution in [0.1, 0.15) is 40.1 Å². The molecule has 1 aliphatic heterocycles. The van der Waals surface area contributed by atoms with Crippen molar-refractivity contribution in [2.75, 3.05) is 19.6 Å². The van der Waals surface area contributed by atoms with Crippen molar-refractivity contribution < 1.29 is 9.21 Å². The molecule has 1 aromatic carbocycles. The van der Waals surface area contributed by atoms with Crippen LogP contribution in [0, 0.1) is 6.92 Å². The van der Waals surface area contributed by atoms with Crippen LogP contribution in [0.25, 0.3) is 10.1 Å². The minimum Gasteiger partial charge on any atom is -0.465 e. The van der Waals surface area contributed by atoms with Gasteiger partial charge in [0.1, 0.15) is 16.4 Å². The molecule has 1 saturated heterocycles. The average Bonchev–Trinajstić information content (AvgIpc) is 3.37. The van der Waals surface area contributed by atoms with Crippen LogP contribution in [-0.4, -0.2) is 30.4 Å². The molecule has 1 N–H and O–H groups in total. The molecular formula is C20H20Cl2N2O2S. The summed E-state index contributed by atoms with van der Waals surface area (Å²) in [5, 5.41) is 5.02. The van der Waals surface area contributed by atoms with E-state index in [1.165, 1.54) is 24.2 Å². The molecule has 1 fully saturated rings. The van der Waals surface area contributed by atoms with Gasteiger partial charge >= 0.3 is 0 Å². The van der Waals surface area contributed by atoms with Gasteiger partial charge in [0.25, 0.3) is 5.91 Å². The third kappa shape index (κ3) is 3.87. The van der Waals surface area contributed by atoms with Crippen LogP contribution >= 0.6 is 34.5 Å². The first-order valence-electron chi connectivity index (χ1n) is 8.99. The summed E-state index contributed by atoms with van der Waals surface area (Å²) in [6.07, 6.45) is 2.35. The quantitative estimate of drug-likeness (QED) is 0.575. The van der Waals surface area contributed by atoms with Gasteiger partial charge in [0.2, 0.25) is 0 Å². The summed E-state index contributed by atoms with van der Waals surface area (Å²) >= 11 is 13.9. The maximum Gasteiger partial charge on any atom is 0.263 e. The number of hydrogen-bond acceptors (Lipinski definition) is 4. The molecule has 3 heterocycles. The van der Waals surface area contributed by atoms with E-state index < -0.39 is 0 Å². The molecule has 0 aliphatic carbocycles. The molecule has 2 aromatic heterocycles. The zero-order valence-corrected chi connectivity index (χ0v) is 17.3. The van der Waals surface area contributed by atoms with Crippen molar-refractivity contribution in [3.8, 4) is 0 Å². The summed E-state index contributed by atoms with van der Waals surface area (Å²) in [6, 6.07) is 9.47. The van der Waals surface area contributed by atoms with E-state index in [-0.39, 0.29) is 11.9 Å². The first kappa shape index (κ1) is 18.8. The highest BCUT2D eigenvalue weighted by molar-refractivity contribution is 7.21. The van der Waals surface area contributed by atoms with Crippen molar-refractivity contribution >= 4 is 50.5 Å². The summed E-state index contributed by atoms with van der Waals surface area (Å²) in [7, 11) is 0. The predicted octanol–water partition coefficient (Wildman–Crippen LogP) is 5.68. The van der Waals surface area contributed by atoms with Crippen molar-refractivity contribution in [1.29, 1.82) is 0 Å². The number of nitrogens with zero attached hydrogens (tertiary/aromatic N) is 1. The summed E-state index contributed by atoms with van der Waals surface area (Å²) in [5.41, 5.74) is 0. The lowest BCUT2D eigenvalue weighted by Crippen LogP contribution is -2.36.